The number of hydrogen-bond acceptors (Lipinski definition) is 8. The lowest BCUT2D eigenvalue weighted by atomic mass is 10.0. The summed E-state index contributed by atoms with van der Waals surface area (Å²) in [5.41, 5.74) is 2.32. The number of aromatic amines is 1. The lowest BCUT2D eigenvalue weighted by Crippen LogP contribution is -2.70. The Morgan fingerprint density at radius 2 is 1.90 bits per heavy atom. The Balaban J connectivity index is 1.24. The largest absolute Gasteiger partial charge is 0.477 e. The number of carbonyl (C=O) groups is 5. The molecule has 13 nitrogen and oxygen atoms in total. The van der Waals surface area contributed by atoms with E-state index in [0.29, 0.717) is 22.3 Å². The van der Waals surface area contributed by atoms with Crippen LogP contribution in [-0.4, -0.2) is 80.6 Å². The average Bonchev–Trinajstić information content (AvgIpc) is 3.39. The lowest BCUT2D eigenvalue weighted by Gasteiger charge is -2.49. The van der Waals surface area contributed by atoms with Gasteiger partial charge in [0.1, 0.15) is 23.7 Å². The number of thioether (sulfide) groups is 1. The number of alkyl carbamates (subject to hydrolysis) is 1. The van der Waals surface area contributed by atoms with Gasteiger partial charge in [-0.15, -0.1) is 11.8 Å². The van der Waals surface area contributed by atoms with Gasteiger partial charge in [-0.3, -0.25) is 19.3 Å². The monoisotopic (exact) mass is 564 g/mol. The van der Waals surface area contributed by atoms with Crippen molar-refractivity contribution < 1.29 is 33.8 Å². The van der Waals surface area contributed by atoms with E-state index in [2.05, 4.69) is 25.9 Å². The van der Waals surface area contributed by atoms with E-state index in [9.17, 15) is 29.1 Å². The highest BCUT2D eigenvalue weighted by Gasteiger charge is 2.54. The van der Waals surface area contributed by atoms with Gasteiger partial charge in [-0.2, -0.15) is 0 Å². The molecule has 1 unspecified atom stereocenters. The number of carbonyl (C=O) groups excluding carboxylic acids is 4. The van der Waals surface area contributed by atoms with Gasteiger partial charge in [-0.25, -0.2) is 14.6 Å². The second-order valence-corrected chi connectivity index (χ2v) is 10.0. The van der Waals surface area contributed by atoms with E-state index in [-0.39, 0.29) is 35.9 Å². The molecule has 0 radical (unpaired) electrons. The van der Waals surface area contributed by atoms with Gasteiger partial charge >= 0.3 is 12.1 Å². The number of para-hydroxylation sites is 3. The Labute approximate surface area is 231 Å². The summed E-state index contributed by atoms with van der Waals surface area (Å²) in [7, 11) is 1.37. The number of aliphatic carboxylic acids is 1. The number of anilines is 1. The molecule has 40 heavy (non-hydrogen) atoms. The fourth-order valence-electron chi connectivity index (χ4n) is 4.45. The Kier molecular flexibility index (Phi) is 7.42. The molecule has 2 aliphatic rings. The summed E-state index contributed by atoms with van der Waals surface area (Å²) in [5, 5.41) is 16.8. The van der Waals surface area contributed by atoms with Crippen molar-refractivity contribution in [3.63, 3.8) is 0 Å². The van der Waals surface area contributed by atoms with E-state index in [0.717, 1.165) is 4.90 Å². The standard InChI is InChI=1S/C26H24N6O7S/c1-27-26(38)39-11-14-12-40-24-19(23(35)32(24)20(14)25(36)37)31-18(33)10-13-6-2-3-7-15(13)30-22(34)21-28-16-8-4-5-9-17(16)29-21/h2-9,19,24H,10-12H2,1H3,(H,27,38)(H,28,29)(H,30,34)(H,31,33)(H,36,37)/t19?,24-/m1/s1. The number of nitrogens with zero attached hydrogens (tertiary/aromatic N) is 2. The minimum absolute atomic E-state index is 0.123. The number of rotatable bonds is 8. The van der Waals surface area contributed by atoms with Crippen LogP contribution in [0.3, 0.4) is 0 Å². The Morgan fingerprint density at radius 1 is 1.15 bits per heavy atom. The first kappa shape index (κ1) is 26.7. The van der Waals surface area contributed by atoms with Crippen LogP contribution >= 0.6 is 11.8 Å². The number of β-lactam (4-membered cyclic amide) rings is 1. The molecule has 0 bridgehead atoms. The van der Waals surface area contributed by atoms with Crippen LogP contribution in [0, 0.1) is 0 Å². The normalized spacial score (nSPS) is 18.0. The van der Waals surface area contributed by atoms with Crippen LogP contribution in [0.25, 0.3) is 11.0 Å². The number of imidazole rings is 1. The summed E-state index contributed by atoms with van der Waals surface area (Å²) in [6.45, 7) is -0.279. The van der Waals surface area contributed by atoms with Crippen molar-refractivity contribution in [1.82, 2.24) is 25.5 Å². The molecular weight excluding hydrogens is 540 g/mol. The number of carboxylic acids is 1. The fourth-order valence-corrected chi connectivity index (χ4v) is 5.78. The molecule has 4 amide bonds. The topological polar surface area (TPSA) is 183 Å². The van der Waals surface area contributed by atoms with Crippen molar-refractivity contribution >= 4 is 58.3 Å². The highest BCUT2D eigenvalue weighted by molar-refractivity contribution is 8.00. The summed E-state index contributed by atoms with van der Waals surface area (Å²) in [4.78, 5) is 70.3. The van der Waals surface area contributed by atoms with Gasteiger partial charge in [-0.05, 0) is 23.8 Å². The maximum Gasteiger partial charge on any atom is 0.407 e. The first-order chi connectivity index (χ1) is 19.3. The molecule has 5 N–H and O–H groups in total. The molecule has 206 valence electrons. The van der Waals surface area contributed by atoms with Crippen molar-refractivity contribution in [3.8, 4) is 0 Å². The molecule has 14 heteroatoms. The minimum atomic E-state index is -1.33. The van der Waals surface area contributed by atoms with Gasteiger partial charge in [0.15, 0.2) is 5.82 Å². The SMILES string of the molecule is CNC(=O)OCC1=C(C(=O)O)N2C(=O)C(NC(=O)Cc3ccccc3NC(=O)c3nc4ccccc4[nH]3)[C@H]2SC1. The van der Waals surface area contributed by atoms with Crippen molar-refractivity contribution in [1.29, 1.82) is 0 Å². The second kappa shape index (κ2) is 11.1. The zero-order valence-electron chi connectivity index (χ0n) is 21.1. The van der Waals surface area contributed by atoms with E-state index in [4.69, 9.17) is 4.74 Å². The lowest BCUT2D eigenvalue weighted by molar-refractivity contribution is -0.150. The quantitative estimate of drug-likeness (QED) is 0.253. The van der Waals surface area contributed by atoms with Gasteiger partial charge in [0.05, 0.1) is 17.5 Å². The summed E-state index contributed by atoms with van der Waals surface area (Å²) >= 11 is 1.26. The van der Waals surface area contributed by atoms with Crippen molar-refractivity contribution in [2.45, 2.75) is 17.8 Å². The third-order valence-corrected chi connectivity index (χ3v) is 7.71. The number of aromatic nitrogens is 2. The van der Waals surface area contributed by atoms with Gasteiger partial charge in [0, 0.05) is 24.1 Å². The van der Waals surface area contributed by atoms with Gasteiger partial charge in [0.25, 0.3) is 11.8 Å². The van der Waals surface area contributed by atoms with E-state index >= 15 is 0 Å². The molecule has 2 aromatic carbocycles. The Morgan fingerprint density at radius 3 is 2.65 bits per heavy atom. The Bertz CT molecular complexity index is 1530. The highest BCUT2D eigenvalue weighted by Crippen LogP contribution is 2.40. The molecule has 5 rings (SSSR count). The average molecular weight is 565 g/mol. The zero-order valence-corrected chi connectivity index (χ0v) is 21.9. The fraction of sp³-hybridized carbons (Fsp3) is 0.231. The summed E-state index contributed by atoms with van der Waals surface area (Å²) in [5.74, 6) is -2.52. The van der Waals surface area contributed by atoms with Crippen LogP contribution in [0.15, 0.2) is 59.8 Å². The molecule has 0 aliphatic carbocycles. The van der Waals surface area contributed by atoms with E-state index in [1.807, 2.05) is 12.1 Å². The molecule has 3 heterocycles. The number of H-pyrrole nitrogens is 1. The van der Waals surface area contributed by atoms with Gasteiger partial charge < -0.3 is 30.8 Å². The molecule has 0 saturated carbocycles. The highest BCUT2D eigenvalue weighted by atomic mass is 32.2. The predicted molar refractivity (Wildman–Crippen MR) is 144 cm³/mol. The van der Waals surface area contributed by atoms with Gasteiger partial charge in [-0.1, -0.05) is 30.3 Å². The third kappa shape index (κ3) is 5.20. The van der Waals surface area contributed by atoms with E-state index < -0.39 is 41.2 Å². The van der Waals surface area contributed by atoms with Crippen LogP contribution < -0.4 is 16.0 Å². The summed E-state index contributed by atoms with van der Waals surface area (Å²) < 4.78 is 4.97. The molecule has 2 aliphatic heterocycles. The van der Waals surface area contributed by atoms with Crippen LogP contribution in [0.4, 0.5) is 10.5 Å². The Hall–Kier alpha value is -4.85. The minimum Gasteiger partial charge on any atom is -0.477 e. The number of ether oxygens (including phenoxy) is 1. The first-order valence-corrected chi connectivity index (χ1v) is 13.2. The van der Waals surface area contributed by atoms with Crippen LogP contribution in [-0.2, 0) is 25.5 Å². The van der Waals surface area contributed by atoms with E-state index in [1.54, 1.807) is 36.4 Å². The first-order valence-electron chi connectivity index (χ1n) is 12.1. The number of hydrogen-bond donors (Lipinski definition) is 5. The van der Waals surface area contributed by atoms with Gasteiger partial charge in [0.2, 0.25) is 5.91 Å². The number of fused-ring (bicyclic) bond motifs is 2. The van der Waals surface area contributed by atoms with Crippen molar-refractivity contribution in [2.75, 3.05) is 24.7 Å². The van der Waals surface area contributed by atoms with Crippen molar-refractivity contribution in [2.24, 2.45) is 0 Å². The maximum atomic E-state index is 12.9. The predicted octanol–water partition coefficient (Wildman–Crippen LogP) is 1.45. The molecular formula is C26H24N6O7S. The smallest absolute Gasteiger partial charge is 0.407 e. The number of amides is 4. The van der Waals surface area contributed by atoms with Crippen LogP contribution in [0.1, 0.15) is 16.2 Å². The van der Waals surface area contributed by atoms with Crippen molar-refractivity contribution in [3.05, 3.63) is 71.2 Å². The molecule has 1 saturated heterocycles. The number of carboxylic acid groups (broad SMARTS) is 1. The zero-order chi connectivity index (χ0) is 28.4. The summed E-state index contributed by atoms with van der Waals surface area (Å²) in [6.07, 6.45) is -0.858. The van der Waals surface area contributed by atoms with E-state index in [1.165, 1.54) is 18.8 Å². The van der Waals surface area contributed by atoms with Crippen LogP contribution in [0.2, 0.25) is 0 Å². The maximum absolute atomic E-state index is 12.9. The third-order valence-electron chi connectivity index (χ3n) is 6.37. The molecule has 2 atom stereocenters. The molecule has 1 aromatic heterocycles. The molecule has 1 fully saturated rings. The second-order valence-electron chi connectivity index (χ2n) is 8.93. The molecule has 0 spiro atoms. The number of nitrogens with one attached hydrogen (secondary N) is 4. The van der Waals surface area contributed by atoms with Crippen LogP contribution in [0.5, 0.6) is 0 Å². The molecule has 3 aromatic rings. The number of benzene rings is 2. The summed E-state index contributed by atoms with van der Waals surface area (Å²) in [6, 6.07) is 13.1.